The van der Waals surface area contributed by atoms with Gasteiger partial charge in [0.1, 0.15) is 5.75 Å². The van der Waals surface area contributed by atoms with Crippen LogP contribution < -0.4 is 20.9 Å². The summed E-state index contributed by atoms with van der Waals surface area (Å²) in [5, 5.41) is 4.91. The molecule has 0 radical (unpaired) electrons. The van der Waals surface area contributed by atoms with Gasteiger partial charge in [0.25, 0.3) is 5.91 Å². The molecule has 120 valence electrons. The van der Waals surface area contributed by atoms with Gasteiger partial charge in [0.15, 0.2) is 0 Å². The number of benzene rings is 1. The van der Waals surface area contributed by atoms with E-state index in [1.54, 1.807) is 13.2 Å². The van der Waals surface area contributed by atoms with Crippen molar-refractivity contribution in [3.8, 4) is 5.75 Å². The molecule has 0 saturated heterocycles. The molecule has 0 atom stereocenters. The summed E-state index contributed by atoms with van der Waals surface area (Å²) in [6.07, 6.45) is 2.51. The summed E-state index contributed by atoms with van der Waals surface area (Å²) in [5.41, 5.74) is 11.4. The van der Waals surface area contributed by atoms with Gasteiger partial charge in [-0.3, -0.25) is 4.79 Å². The lowest BCUT2D eigenvalue weighted by Gasteiger charge is -2.14. The Labute approximate surface area is 139 Å². The first-order valence-corrected chi connectivity index (χ1v) is 8.68. The molecule has 1 saturated carbocycles. The monoisotopic (exact) mass is 329 g/mol. The molecule has 1 fully saturated rings. The fraction of sp³-hybridized carbons (Fsp3) is 0.353. The van der Waals surface area contributed by atoms with Gasteiger partial charge in [0.2, 0.25) is 0 Å². The molecule has 0 unspecified atom stereocenters. The topological polar surface area (TPSA) is 62.4 Å². The van der Waals surface area contributed by atoms with Crippen molar-refractivity contribution in [2.24, 2.45) is 0 Å². The van der Waals surface area contributed by atoms with E-state index in [1.165, 1.54) is 40.9 Å². The highest BCUT2D eigenvalue weighted by molar-refractivity contribution is 7.12. The van der Waals surface area contributed by atoms with Crippen molar-refractivity contribution in [3.63, 3.8) is 0 Å². The van der Waals surface area contributed by atoms with Crippen molar-refractivity contribution in [2.75, 3.05) is 12.5 Å². The molecule has 1 aromatic carbocycles. The second-order valence-electron chi connectivity index (χ2n) is 5.95. The van der Waals surface area contributed by atoms with E-state index in [-0.39, 0.29) is 5.91 Å². The molecular formula is C17H19N3O2S. The Bertz CT molecular complexity index is 752. The number of hydrogen-bond donors (Lipinski definition) is 3. The first-order chi connectivity index (χ1) is 11.3. The molecule has 0 spiro atoms. The van der Waals surface area contributed by atoms with Crippen LogP contribution in [0.2, 0.25) is 0 Å². The van der Waals surface area contributed by atoms with Crippen LogP contribution in [0.1, 0.15) is 45.1 Å². The van der Waals surface area contributed by atoms with E-state index in [2.05, 4.69) is 28.3 Å². The molecule has 3 N–H and O–H groups in total. The van der Waals surface area contributed by atoms with E-state index < -0.39 is 0 Å². The van der Waals surface area contributed by atoms with Gasteiger partial charge in [-0.05, 0) is 41.5 Å². The normalized spacial score (nSPS) is 15.9. The zero-order valence-corrected chi connectivity index (χ0v) is 13.8. The number of amides is 1. The average molecular weight is 329 g/mol. The lowest BCUT2D eigenvalue weighted by Crippen LogP contribution is -2.23. The number of carbonyl (C=O) groups excluding carboxylic acids is 1. The Hall–Kier alpha value is -2.05. The van der Waals surface area contributed by atoms with Crippen molar-refractivity contribution < 1.29 is 9.53 Å². The van der Waals surface area contributed by atoms with Crippen LogP contribution in [0, 0.1) is 0 Å². The fourth-order valence-electron chi connectivity index (χ4n) is 3.04. The van der Waals surface area contributed by atoms with Gasteiger partial charge in [0.05, 0.1) is 17.7 Å². The van der Waals surface area contributed by atoms with E-state index in [1.807, 2.05) is 5.38 Å². The zero-order valence-electron chi connectivity index (χ0n) is 12.9. The third-order valence-corrected chi connectivity index (χ3v) is 5.34. The summed E-state index contributed by atoms with van der Waals surface area (Å²) in [6, 6.07) is 6.12. The molecule has 2 aromatic rings. The summed E-state index contributed by atoms with van der Waals surface area (Å²) in [6.45, 7) is 1.37. The van der Waals surface area contributed by atoms with E-state index in [9.17, 15) is 4.79 Å². The Balaban J connectivity index is 1.54. The quantitative estimate of drug-likeness (QED) is 0.789. The minimum absolute atomic E-state index is 0.0448. The van der Waals surface area contributed by atoms with E-state index in [4.69, 9.17) is 4.74 Å². The Morgan fingerprint density at radius 1 is 1.43 bits per heavy atom. The number of hydrazine groups is 1. The SMILES string of the molecule is COc1csc(C(=O)NCc2c(C3CC3)ccc3c2CNN3)c1. The fourth-order valence-corrected chi connectivity index (χ4v) is 3.81. The van der Waals surface area contributed by atoms with Gasteiger partial charge in [-0.15, -0.1) is 11.3 Å². The molecule has 5 nitrogen and oxygen atoms in total. The number of carbonyl (C=O) groups is 1. The second kappa shape index (κ2) is 5.86. The molecule has 6 heteroatoms. The Kier molecular flexibility index (Phi) is 3.71. The first kappa shape index (κ1) is 14.5. The van der Waals surface area contributed by atoms with Crippen molar-refractivity contribution in [2.45, 2.75) is 31.8 Å². The molecule has 1 aliphatic carbocycles. The van der Waals surface area contributed by atoms with Crippen LogP contribution in [0.4, 0.5) is 5.69 Å². The summed E-state index contributed by atoms with van der Waals surface area (Å²) in [5.74, 6) is 1.35. The van der Waals surface area contributed by atoms with E-state index >= 15 is 0 Å². The van der Waals surface area contributed by atoms with Gasteiger partial charge >= 0.3 is 0 Å². The van der Waals surface area contributed by atoms with Gasteiger partial charge < -0.3 is 15.5 Å². The summed E-state index contributed by atoms with van der Waals surface area (Å²) in [4.78, 5) is 13.0. The van der Waals surface area contributed by atoms with E-state index in [0.29, 0.717) is 17.3 Å². The molecular weight excluding hydrogens is 310 g/mol. The average Bonchev–Trinajstić information content (AvgIpc) is 3.11. The zero-order chi connectivity index (χ0) is 15.8. The summed E-state index contributed by atoms with van der Waals surface area (Å²) in [7, 11) is 1.61. The largest absolute Gasteiger partial charge is 0.496 e. The minimum atomic E-state index is -0.0448. The van der Waals surface area contributed by atoms with Crippen LogP contribution in [0.15, 0.2) is 23.6 Å². The number of hydrogen-bond acceptors (Lipinski definition) is 5. The summed E-state index contributed by atoms with van der Waals surface area (Å²) < 4.78 is 5.14. The maximum Gasteiger partial charge on any atom is 0.261 e. The number of rotatable bonds is 5. The molecule has 1 amide bonds. The number of ether oxygens (including phenoxy) is 1. The highest BCUT2D eigenvalue weighted by Gasteiger charge is 2.29. The maximum absolute atomic E-state index is 12.4. The lowest BCUT2D eigenvalue weighted by atomic mass is 9.96. The molecule has 1 aromatic heterocycles. The predicted octanol–water partition coefficient (Wildman–Crippen LogP) is 2.99. The molecule has 4 rings (SSSR count). The predicted molar refractivity (Wildman–Crippen MR) is 90.9 cm³/mol. The first-order valence-electron chi connectivity index (χ1n) is 7.80. The highest BCUT2D eigenvalue weighted by Crippen LogP contribution is 2.44. The van der Waals surface area contributed by atoms with Crippen molar-refractivity contribution >= 4 is 22.9 Å². The van der Waals surface area contributed by atoms with Crippen LogP contribution in [0.3, 0.4) is 0 Å². The Morgan fingerprint density at radius 2 is 2.30 bits per heavy atom. The second-order valence-corrected chi connectivity index (χ2v) is 6.86. The number of nitrogens with one attached hydrogen (secondary N) is 3. The Morgan fingerprint density at radius 3 is 3.04 bits per heavy atom. The number of anilines is 1. The van der Waals surface area contributed by atoms with Crippen molar-refractivity contribution in [1.29, 1.82) is 0 Å². The van der Waals surface area contributed by atoms with Crippen LogP contribution in [-0.2, 0) is 13.1 Å². The molecule has 2 aliphatic rings. The third kappa shape index (κ3) is 2.80. The van der Waals surface area contributed by atoms with Crippen LogP contribution in [0.5, 0.6) is 5.75 Å². The van der Waals surface area contributed by atoms with Crippen LogP contribution in [0.25, 0.3) is 0 Å². The lowest BCUT2D eigenvalue weighted by molar-refractivity contribution is 0.0954. The number of methoxy groups -OCH3 is 1. The number of thiophene rings is 1. The highest BCUT2D eigenvalue weighted by atomic mass is 32.1. The molecule has 2 heterocycles. The van der Waals surface area contributed by atoms with Gasteiger partial charge in [-0.25, -0.2) is 5.43 Å². The van der Waals surface area contributed by atoms with Crippen molar-refractivity contribution in [3.05, 3.63) is 45.1 Å². The molecule has 0 bridgehead atoms. The van der Waals surface area contributed by atoms with E-state index in [0.717, 1.165) is 18.0 Å². The minimum Gasteiger partial charge on any atom is -0.496 e. The van der Waals surface area contributed by atoms with Gasteiger partial charge in [-0.1, -0.05) is 6.07 Å². The van der Waals surface area contributed by atoms with Crippen LogP contribution in [-0.4, -0.2) is 13.0 Å². The number of fused-ring (bicyclic) bond motifs is 1. The van der Waals surface area contributed by atoms with Crippen LogP contribution >= 0.6 is 11.3 Å². The van der Waals surface area contributed by atoms with Gasteiger partial charge in [-0.2, -0.15) is 0 Å². The molecule has 23 heavy (non-hydrogen) atoms. The van der Waals surface area contributed by atoms with Gasteiger partial charge in [0, 0.05) is 24.5 Å². The standard InChI is InChI=1S/C17H19N3O2S/c1-22-11-6-16(23-9-11)17(21)18-7-13-12(10-2-3-10)4-5-15-14(13)8-19-20-15/h4-6,9-10,19-20H,2-3,7-8H2,1H3,(H,18,21). The summed E-state index contributed by atoms with van der Waals surface area (Å²) >= 11 is 1.40. The molecule has 1 aliphatic heterocycles. The maximum atomic E-state index is 12.4. The third-order valence-electron chi connectivity index (χ3n) is 4.43. The smallest absolute Gasteiger partial charge is 0.261 e. The van der Waals surface area contributed by atoms with Crippen molar-refractivity contribution in [1.82, 2.24) is 10.7 Å².